The Morgan fingerprint density at radius 3 is 2.43 bits per heavy atom. The standard InChI is InChI=1S/C24H26ClN3O2/c1-3-30-23-15-18-7-5-4-6-17(18)14-20(23)24(29)26-21-16-19(25)8-9-22(21)28-12-10-27(2)11-13-28/h4-9,14-16H,3,10-13H2,1-2H3,(H,26,29). The highest BCUT2D eigenvalue weighted by atomic mass is 35.5. The van der Waals surface area contributed by atoms with Gasteiger partial charge in [-0.3, -0.25) is 4.79 Å². The number of amides is 1. The minimum atomic E-state index is -0.207. The third-order valence-electron chi connectivity index (χ3n) is 5.44. The van der Waals surface area contributed by atoms with E-state index in [4.69, 9.17) is 16.3 Å². The van der Waals surface area contributed by atoms with Crippen molar-refractivity contribution in [3.05, 3.63) is 65.2 Å². The first kappa shape index (κ1) is 20.5. The second-order valence-corrected chi connectivity index (χ2v) is 7.97. The number of likely N-dealkylation sites (N-methyl/N-ethyl adjacent to an activating group) is 1. The quantitative estimate of drug-likeness (QED) is 0.634. The summed E-state index contributed by atoms with van der Waals surface area (Å²) in [5.74, 6) is 0.374. The first-order chi connectivity index (χ1) is 14.5. The molecule has 1 heterocycles. The molecule has 1 fully saturated rings. The zero-order valence-electron chi connectivity index (χ0n) is 17.3. The Labute approximate surface area is 182 Å². The molecular formula is C24H26ClN3O2. The average molecular weight is 424 g/mol. The SMILES string of the molecule is CCOc1cc2ccccc2cc1C(=O)Nc1cc(Cl)ccc1N1CCN(C)CC1. The molecule has 0 unspecified atom stereocenters. The highest BCUT2D eigenvalue weighted by Gasteiger charge is 2.20. The van der Waals surface area contributed by atoms with Gasteiger partial charge in [-0.05, 0) is 55.1 Å². The van der Waals surface area contributed by atoms with Crippen molar-refractivity contribution in [3.8, 4) is 5.75 Å². The molecule has 0 aromatic heterocycles. The lowest BCUT2D eigenvalue weighted by Gasteiger charge is -2.35. The first-order valence-corrected chi connectivity index (χ1v) is 10.6. The van der Waals surface area contributed by atoms with Gasteiger partial charge in [-0.25, -0.2) is 0 Å². The summed E-state index contributed by atoms with van der Waals surface area (Å²) in [6.45, 7) is 6.17. The highest BCUT2D eigenvalue weighted by Crippen LogP contribution is 2.32. The van der Waals surface area contributed by atoms with Crippen LogP contribution in [0.5, 0.6) is 5.75 Å². The largest absolute Gasteiger partial charge is 0.493 e. The molecule has 1 aliphatic rings. The first-order valence-electron chi connectivity index (χ1n) is 10.2. The summed E-state index contributed by atoms with van der Waals surface area (Å²) < 4.78 is 5.78. The predicted molar refractivity (Wildman–Crippen MR) is 124 cm³/mol. The van der Waals surface area contributed by atoms with Gasteiger partial charge >= 0.3 is 0 Å². The summed E-state index contributed by atoms with van der Waals surface area (Å²) in [5.41, 5.74) is 2.21. The number of ether oxygens (including phenoxy) is 1. The molecular weight excluding hydrogens is 398 g/mol. The lowest BCUT2D eigenvalue weighted by atomic mass is 10.0. The molecule has 0 radical (unpaired) electrons. The fourth-order valence-corrected chi connectivity index (χ4v) is 3.97. The van der Waals surface area contributed by atoms with Crippen LogP contribution in [0.2, 0.25) is 5.02 Å². The second-order valence-electron chi connectivity index (χ2n) is 7.53. The van der Waals surface area contributed by atoms with Gasteiger partial charge in [0.1, 0.15) is 5.75 Å². The Balaban J connectivity index is 1.67. The van der Waals surface area contributed by atoms with Gasteiger partial charge < -0.3 is 19.9 Å². The van der Waals surface area contributed by atoms with Crippen LogP contribution in [0.15, 0.2) is 54.6 Å². The van der Waals surface area contributed by atoms with Gasteiger partial charge in [0.15, 0.2) is 0 Å². The molecule has 1 aliphatic heterocycles. The Bertz CT molecular complexity index is 1060. The fourth-order valence-electron chi connectivity index (χ4n) is 3.79. The van der Waals surface area contributed by atoms with Crippen molar-refractivity contribution >= 4 is 39.7 Å². The van der Waals surface area contributed by atoms with E-state index in [1.165, 1.54) is 0 Å². The van der Waals surface area contributed by atoms with Crippen molar-refractivity contribution in [1.29, 1.82) is 0 Å². The number of hydrogen-bond donors (Lipinski definition) is 1. The van der Waals surface area contributed by atoms with E-state index in [-0.39, 0.29) is 5.91 Å². The monoisotopic (exact) mass is 423 g/mol. The topological polar surface area (TPSA) is 44.8 Å². The summed E-state index contributed by atoms with van der Waals surface area (Å²) >= 11 is 6.26. The number of nitrogens with zero attached hydrogens (tertiary/aromatic N) is 2. The summed E-state index contributed by atoms with van der Waals surface area (Å²) in [6, 6.07) is 17.4. The van der Waals surface area contributed by atoms with Crippen molar-refractivity contribution in [3.63, 3.8) is 0 Å². The highest BCUT2D eigenvalue weighted by molar-refractivity contribution is 6.31. The Morgan fingerprint density at radius 1 is 1.03 bits per heavy atom. The fraction of sp³-hybridized carbons (Fsp3) is 0.292. The lowest BCUT2D eigenvalue weighted by Crippen LogP contribution is -2.44. The normalized spacial score (nSPS) is 14.7. The molecule has 0 bridgehead atoms. The summed E-state index contributed by atoms with van der Waals surface area (Å²) in [7, 11) is 2.12. The molecule has 1 saturated heterocycles. The molecule has 3 aromatic carbocycles. The van der Waals surface area contributed by atoms with Gasteiger partial charge in [-0.15, -0.1) is 0 Å². The van der Waals surface area contributed by atoms with E-state index in [2.05, 4.69) is 22.2 Å². The second kappa shape index (κ2) is 8.94. The maximum absolute atomic E-state index is 13.3. The summed E-state index contributed by atoms with van der Waals surface area (Å²) in [6.07, 6.45) is 0. The molecule has 0 atom stereocenters. The minimum absolute atomic E-state index is 0.207. The van der Waals surface area contributed by atoms with Crippen LogP contribution in [-0.2, 0) is 0 Å². The third-order valence-corrected chi connectivity index (χ3v) is 5.68. The van der Waals surface area contributed by atoms with Crippen molar-refractivity contribution in [2.24, 2.45) is 0 Å². The summed E-state index contributed by atoms with van der Waals surface area (Å²) in [5, 5.41) is 5.71. The lowest BCUT2D eigenvalue weighted by molar-refractivity contribution is 0.102. The molecule has 4 rings (SSSR count). The number of carbonyl (C=O) groups excluding carboxylic acids is 1. The molecule has 3 aromatic rings. The number of benzene rings is 3. The van der Waals surface area contributed by atoms with E-state index in [9.17, 15) is 4.79 Å². The molecule has 30 heavy (non-hydrogen) atoms. The molecule has 156 valence electrons. The van der Waals surface area contributed by atoms with Crippen molar-refractivity contribution in [2.45, 2.75) is 6.92 Å². The van der Waals surface area contributed by atoms with Crippen LogP contribution in [0.25, 0.3) is 10.8 Å². The van der Waals surface area contributed by atoms with Gasteiger partial charge in [0.2, 0.25) is 0 Å². The molecule has 1 amide bonds. The number of halogens is 1. The molecule has 0 spiro atoms. The van der Waals surface area contributed by atoms with Crippen LogP contribution in [0.1, 0.15) is 17.3 Å². The zero-order valence-corrected chi connectivity index (χ0v) is 18.1. The number of fused-ring (bicyclic) bond motifs is 1. The van der Waals surface area contributed by atoms with Gasteiger partial charge in [0, 0.05) is 31.2 Å². The van der Waals surface area contributed by atoms with Gasteiger partial charge in [0.25, 0.3) is 5.91 Å². The van der Waals surface area contributed by atoms with E-state index < -0.39 is 0 Å². The van der Waals surface area contributed by atoms with Crippen LogP contribution in [0, 0.1) is 0 Å². The minimum Gasteiger partial charge on any atom is -0.493 e. The van der Waals surface area contributed by atoms with E-state index in [0.717, 1.165) is 42.6 Å². The Morgan fingerprint density at radius 2 is 1.73 bits per heavy atom. The smallest absolute Gasteiger partial charge is 0.259 e. The number of piperazine rings is 1. The number of hydrogen-bond acceptors (Lipinski definition) is 4. The van der Waals surface area contributed by atoms with E-state index >= 15 is 0 Å². The maximum atomic E-state index is 13.3. The number of anilines is 2. The van der Waals surface area contributed by atoms with E-state index in [1.807, 2.05) is 61.5 Å². The Hall–Kier alpha value is -2.76. The number of carbonyl (C=O) groups is 1. The molecule has 0 aliphatic carbocycles. The van der Waals surface area contributed by atoms with Crippen molar-refractivity contribution in [2.75, 3.05) is 50.1 Å². The third kappa shape index (κ3) is 4.37. The van der Waals surface area contributed by atoms with Crippen LogP contribution in [-0.4, -0.2) is 50.6 Å². The van der Waals surface area contributed by atoms with E-state index in [0.29, 0.717) is 28.6 Å². The van der Waals surface area contributed by atoms with Crippen LogP contribution in [0.4, 0.5) is 11.4 Å². The van der Waals surface area contributed by atoms with Gasteiger partial charge in [0.05, 0.1) is 23.5 Å². The predicted octanol–water partition coefficient (Wildman–Crippen LogP) is 4.90. The summed E-state index contributed by atoms with van der Waals surface area (Å²) in [4.78, 5) is 17.9. The Kier molecular flexibility index (Phi) is 6.11. The maximum Gasteiger partial charge on any atom is 0.259 e. The van der Waals surface area contributed by atoms with Crippen molar-refractivity contribution < 1.29 is 9.53 Å². The van der Waals surface area contributed by atoms with Gasteiger partial charge in [-0.2, -0.15) is 0 Å². The van der Waals surface area contributed by atoms with Crippen LogP contribution < -0.4 is 15.0 Å². The van der Waals surface area contributed by atoms with E-state index in [1.54, 1.807) is 0 Å². The van der Waals surface area contributed by atoms with Crippen LogP contribution in [0.3, 0.4) is 0 Å². The average Bonchev–Trinajstić information content (AvgIpc) is 2.74. The van der Waals surface area contributed by atoms with Crippen molar-refractivity contribution in [1.82, 2.24) is 4.90 Å². The van der Waals surface area contributed by atoms with Gasteiger partial charge in [-0.1, -0.05) is 35.9 Å². The molecule has 0 saturated carbocycles. The number of nitrogens with one attached hydrogen (secondary N) is 1. The molecule has 1 N–H and O–H groups in total. The molecule has 6 heteroatoms. The molecule has 5 nitrogen and oxygen atoms in total. The zero-order chi connectivity index (χ0) is 21.1. The number of rotatable bonds is 5. The van der Waals surface area contributed by atoms with Crippen LogP contribution >= 0.6 is 11.6 Å².